The van der Waals surface area contributed by atoms with Gasteiger partial charge in [-0.3, -0.25) is 4.79 Å². The van der Waals surface area contributed by atoms with Gasteiger partial charge in [-0.05, 0) is 44.0 Å². The number of aromatic nitrogens is 4. The molecule has 3 aromatic rings. The lowest BCUT2D eigenvalue weighted by Crippen LogP contribution is -2.45. The van der Waals surface area contributed by atoms with Crippen molar-refractivity contribution in [2.75, 3.05) is 55.4 Å². The van der Waals surface area contributed by atoms with Gasteiger partial charge in [0.1, 0.15) is 11.6 Å². The van der Waals surface area contributed by atoms with Crippen molar-refractivity contribution >= 4 is 34.5 Å². The van der Waals surface area contributed by atoms with E-state index >= 15 is 0 Å². The van der Waals surface area contributed by atoms with Crippen LogP contribution < -0.4 is 20.9 Å². The van der Waals surface area contributed by atoms with E-state index in [-0.39, 0.29) is 17.9 Å². The topological polar surface area (TPSA) is 122 Å². The zero-order valence-electron chi connectivity index (χ0n) is 19.6. The standard InChI is InChI=1S/C24H30N8O2/c1-15-14-34-12-11-32(15)22-18-4-5-19(17-3-6-20(25)27-13-17)28-21(18)29-24(30-22)31-9-7-16(8-10-31)23(33)26-2/h3-6,13,15-16H,7-12,14H2,1-2H3,(H2,25,27)(H,26,33)/t15-/m0/s1. The Bertz CT molecular complexity index is 1180. The smallest absolute Gasteiger partial charge is 0.229 e. The number of fused-ring (bicyclic) bond motifs is 1. The maximum Gasteiger partial charge on any atom is 0.229 e. The number of ether oxygens (including phenoxy) is 1. The highest BCUT2D eigenvalue weighted by molar-refractivity contribution is 5.90. The van der Waals surface area contributed by atoms with Gasteiger partial charge in [0.2, 0.25) is 11.9 Å². The van der Waals surface area contributed by atoms with Gasteiger partial charge in [-0.2, -0.15) is 9.97 Å². The fraction of sp³-hybridized carbons (Fsp3) is 0.458. The second-order valence-electron chi connectivity index (χ2n) is 8.88. The summed E-state index contributed by atoms with van der Waals surface area (Å²) in [4.78, 5) is 35.5. The largest absolute Gasteiger partial charge is 0.384 e. The summed E-state index contributed by atoms with van der Waals surface area (Å²) in [5.74, 6) is 2.13. The Morgan fingerprint density at radius 1 is 1.12 bits per heavy atom. The number of hydrogen-bond donors (Lipinski definition) is 2. The molecule has 0 spiro atoms. The third-order valence-corrected chi connectivity index (χ3v) is 6.64. The molecule has 5 heterocycles. The Morgan fingerprint density at radius 3 is 2.65 bits per heavy atom. The minimum Gasteiger partial charge on any atom is -0.384 e. The molecule has 5 rings (SSSR count). The van der Waals surface area contributed by atoms with Crippen molar-refractivity contribution in [3.8, 4) is 11.3 Å². The molecule has 10 heteroatoms. The van der Waals surface area contributed by atoms with Crippen molar-refractivity contribution in [1.82, 2.24) is 25.3 Å². The number of amides is 1. The number of anilines is 3. The lowest BCUT2D eigenvalue weighted by atomic mass is 9.96. The summed E-state index contributed by atoms with van der Waals surface area (Å²) in [6, 6.07) is 7.88. The first-order valence-electron chi connectivity index (χ1n) is 11.7. The molecule has 0 aromatic carbocycles. The predicted molar refractivity (Wildman–Crippen MR) is 132 cm³/mol. The summed E-state index contributed by atoms with van der Waals surface area (Å²) in [6.45, 7) is 5.66. The van der Waals surface area contributed by atoms with E-state index in [1.165, 1.54) is 0 Å². The van der Waals surface area contributed by atoms with Crippen molar-refractivity contribution in [2.24, 2.45) is 5.92 Å². The second-order valence-corrected chi connectivity index (χ2v) is 8.88. The first kappa shape index (κ1) is 22.3. The predicted octanol–water partition coefficient (Wildman–Crippen LogP) is 1.86. The summed E-state index contributed by atoms with van der Waals surface area (Å²) in [5, 5.41) is 3.67. The monoisotopic (exact) mass is 462 g/mol. The van der Waals surface area contributed by atoms with Gasteiger partial charge >= 0.3 is 0 Å². The van der Waals surface area contributed by atoms with Gasteiger partial charge in [0.25, 0.3) is 0 Å². The number of hydrogen-bond acceptors (Lipinski definition) is 9. The molecule has 178 valence electrons. The molecule has 1 amide bonds. The highest BCUT2D eigenvalue weighted by Gasteiger charge is 2.28. The summed E-state index contributed by atoms with van der Waals surface area (Å²) in [6.07, 6.45) is 3.27. The van der Waals surface area contributed by atoms with Crippen molar-refractivity contribution in [1.29, 1.82) is 0 Å². The molecule has 3 N–H and O–H groups in total. The SMILES string of the molecule is CNC(=O)C1CCN(c2nc(N3CCOC[C@@H]3C)c3ccc(-c4ccc(N)nc4)nc3n2)CC1. The van der Waals surface area contributed by atoms with Gasteiger partial charge < -0.3 is 25.6 Å². The molecule has 10 nitrogen and oxygen atoms in total. The van der Waals surface area contributed by atoms with Crippen LogP contribution in [0.15, 0.2) is 30.5 Å². The molecule has 0 aliphatic carbocycles. The van der Waals surface area contributed by atoms with Crippen LogP contribution in [0.2, 0.25) is 0 Å². The zero-order valence-corrected chi connectivity index (χ0v) is 19.6. The summed E-state index contributed by atoms with van der Waals surface area (Å²) >= 11 is 0. The molecule has 2 aliphatic rings. The molecule has 2 fully saturated rings. The molecule has 0 saturated carbocycles. The number of carbonyl (C=O) groups is 1. The van der Waals surface area contributed by atoms with Gasteiger partial charge in [0.15, 0.2) is 5.65 Å². The Labute approximate surface area is 198 Å². The Morgan fingerprint density at radius 2 is 1.94 bits per heavy atom. The lowest BCUT2D eigenvalue weighted by Gasteiger charge is -2.36. The third kappa shape index (κ3) is 4.33. The van der Waals surface area contributed by atoms with E-state index in [0.717, 1.165) is 54.9 Å². The first-order valence-corrected chi connectivity index (χ1v) is 11.7. The molecule has 3 aromatic heterocycles. The number of nitrogens with zero attached hydrogens (tertiary/aromatic N) is 6. The summed E-state index contributed by atoms with van der Waals surface area (Å²) in [7, 11) is 1.69. The Hall–Kier alpha value is -3.53. The van der Waals surface area contributed by atoms with Crippen LogP contribution >= 0.6 is 0 Å². The molecular weight excluding hydrogens is 432 g/mol. The van der Waals surface area contributed by atoms with Crippen LogP contribution in [0.25, 0.3) is 22.3 Å². The van der Waals surface area contributed by atoms with E-state index in [1.54, 1.807) is 19.3 Å². The van der Waals surface area contributed by atoms with Gasteiger partial charge in [-0.25, -0.2) is 9.97 Å². The average Bonchev–Trinajstić information content (AvgIpc) is 2.88. The summed E-state index contributed by atoms with van der Waals surface area (Å²) < 4.78 is 5.66. The maximum absolute atomic E-state index is 12.1. The van der Waals surface area contributed by atoms with Crippen LogP contribution in [-0.2, 0) is 9.53 Å². The van der Waals surface area contributed by atoms with Gasteiger partial charge in [-0.15, -0.1) is 0 Å². The minimum absolute atomic E-state index is 0.0307. The fourth-order valence-corrected chi connectivity index (χ4v) is 4.65. The molecule has 0 bridgehead atoms. The molecule has 2 aliphatic heterocycles. The van der Waals surface area contributed by atoms with Crippen LogP contribution in [0, 0.1) is 5.92 Å². The maximum atomic E-state index is 12.1. The van der Waals surface area contributed by atoms with Crippen molar-refractivity contribution in [3.63, 3.8) is 0 Å². The highest BCUT2D eigenvalue weighted by atomic mass is 16.5. The van der Waals surface area contributed by atoms with Crippen molar-refractivity contribution in [2.45, 2.75) is 25.8 Å². The average molecular weight is 463 g/mol. The number of nitrogens with two attached hydrogens (primary N) is 1. The molecular formula is C24H30N8O2. The zero-order chi connectivity index (χ0) is 23.7. The molecule has 2 saturated heterocycles. The van der Waals surface area contributed by atoms with E-state index < -0.39 is 0 Å². The minimum atomic E-state index is 0.0307. The molecule has 34 heavy (non-hydrogen) atoms. The number of pyridine rings is 2. The van der Waals surface area contributed by atoms with E-state index in [1.807, 2.05) is 18.2 Å². The van der Waals surface area contributed by atoms with Crippen molar-refractivity contribution in [3.05, 3.63) is 30.5 Å². The van der Waals surface area contributed by atoms with Crippen LogP contribution in [0.3, 0.4) is 0 Å². The van der Waals surface area contributed by atoms with Gasteiger partial charge in [0.05, 0.1) is 30.3 Å². The normalized spacial score (nSPS) is 19.4. The first-order chi connectivity index (χ1) is 16.5. The quantitative estimate of drug-likeness (QED) is 0.598. The second kappa shape index (κ2) is 9.38. The van der Waals surface area contributed by atoms with Crippen LogP contribution in [0.1, 0.15) is 19.8 Å². The Kier molecular flexibility index (Phi) is 6.14. The van der Waals surface area contributed by atoms with E-state index in [4.69, 9.17) is 25.4 Å². The number of carbonyl (C=O) groups excluding carboxylic acids is 1. The lowest BCUT2D eigenvalue weighted by molar-refractivity contribution is -0.125. The number of rotatable bonds is 4. The van der Waals surface area contributed by atoms with E-state index in [9.17, 15) is 4.79 Å². The van der Waals surface area contributed by atoms with Crippen LogP contribution in [0.4, 0.5) is 17.6 Å². The molecule has 0 radical (unpaired) electrons. The van der Waals surface area contributed by atoms with E-state index in [0.29, 0.717) is 30.6 Å². The third-order valence-electron chi connectivity index (χ3n) is 6.64. The van der Waals surface area contributed by atoms with Crippen LogP contribution in [0.5, 0.6) is 0 Å². The number of piperidine rings is 1. The van der Waals surface area contributed by atoms with Crippen molar-refractivity contribution < 1.29 is 9.53 Å². The van der Waals surface area contributed by atoms with Gasteiger partial charge in [0, 0.05) is 44.4 Å². The number of nitrogen functional groups attached to an aromatic ring is 1. The highest BCUT2D eigenvalue weighted by Crippen LogP contribution is 2.31. The summed E-state index contributed by atoms with van der Waals surface area (Å²) in [5.41, 5.74) is 8.05. The number of morpholine rings is 1. The molecule has 0 unspecified atom stereocenters. The van der Waals surface area contributed by atoms with E-state index in [2.05, 4.69) is 27.0 Å². The van der Waals surface area contributed by atoms with Gasteiger partial charge in [-0.1, -0.05) is 0 Å². The van der Waals surface area contributed by atoms with Crippen LogP contribution in [-0.4, -0.2) is 71.8 Å². The fourth-order valence-electron chi connectivity index (χ4n) is 4.65. The number of nitrogens with one attached hydrogen (secondary N) is 1. The Balaban J connectivity index is 1.55. The molecule has 1 atom stereocenters.